The molecule has 0 radical (unpaired) electrons. The topological polar surface area (TPSA) is 320 Å². The highest BCUT2D eigenvalue weighted by Crippen LogP contribution is 2.38. The number of hydrogen-bond donors (Lipinski definition) is 3. The van der Waals surface area contributed by atoms with Gasteiger partial charge >= 0.3 is 5.97 Å². The van der Waals surface area contributed by atoms with Gasteiger partial charge in [0, 0.05) is 35.7 Å². The minimum atomic E-state index is -1.83. The number of ether oxygens (including phenoxy) is 8. The van der Waals surface area contributed by atoms with Crippen molar-refractivity contribution in [3.63, 3.8) is 0 Å². The first-order valence-electron chi connectivity index (χ1n) is 35.8. The molecule has 2 unspecified atom stereocenters. The van der Waals surface area contributed by atoms with E-state index in [1.165, 1.54) is 133 Å². The lowest BCUT2D eigenvalue weighted by Crippen LogP contribution is -2.43. The van der Waals surface area contributed by atoms with Crippen LogP contribution in [-0.2, 0) is 72.3 Å². The number of hydroxylamine groups is 2. The van der Waals surface area contributed by atoms with Crippen molar-refractivity contribution in [2.24, 2.45) is 0 Å². The number of hydrogen-bond acceptors (Lipinski definition) is 23. The Hall–Kier alpha value is -10.0. The van der Waals surface area contributed by atoms with Gasteiger partial charge in [-0.3, -0.25) is 19.2 Å². The molecule has 30 heteroatoms. The smallest absolute Gasteiger partial charge is 0.338 e. The van der Waals surface area contributed by atoms with Crippen LogP contribution in [0, 0.1) is 17.5 Å². The molecule has 4 fully saturated rings. The van der Waals surface area contributed by atoms with E-state index in [9.17, 15) is 42.6 Å². The second-order valence-electron chi connectivity index (χ2n) is 28.3. The van der Waals surface area contributed by atoms with Crippen molar-refractivity contribution in [1.29, 1.82) is 0 Å². The van der Waals surface area contributed by atoms with E-state index in [4.69, 9.17) is 69.5 Å². The van der Waals surface area contributed by atoms with Gasteiger partial charge in [0.25, 0.3) is 5.91 Å². The van der Waals surface area contributed by atoms with E-state index >= 15 is 0 Å². The Labute approximate surface area is 705 Å². The maximum Gasteiger partial charge on any atom is 0.338 e. The highest BCUT2D eigenvalue weighted by atomic mass is 28.3. The molecule has 0 aliphatic carbocycles. The number of carbonyl (C=O) groups is 4. The maximum atomic E-state index is 13.1. The Morgan fingerprint density at radius 2 is 0.833 bits per heavy atom. The fourth-order valence-electron chi connectivity index (χ4n) is 11.2. The predicted molar refractivity (Wildman–Crippen MR) is 456 cm³/mol. The van der Waals surface area contributed by atoms with E-state index in [1.807, 2.05) is 39.0 Å². The molecular formula is C90H124F3NO24Si2. The van der Waals surface area contributed by atoms with Gasteiger partial charge in [-0.25, -0.2) is 23.0 Å². The summed E-state index contributed by atoms with van der Waals surface area (Å²) >= 11 is 0. The van der Waals surface area contributed by atoms with Gasteiger partial charge in [0.05, 0.1) is 137 Å². The molecule has 0 spiro atoms. The van der Waals surface area contributed by atoms with Crippen LogP contribution in [0.3, 0.4) is 0 Å². The van der Waals surface area contributed by atoms with E-state index < -0.39 is 57.5 Å². The summed E-state index contributed by atoms with van der Waals surface area (Å²) in [6.07, 6.45) is 14.8. The summed E-state index contributed by atoms with van der Waals surface area (Å²) in [5.41, 5.74) is 7.52. The maximum absolute atomic E-state index is 13.1. The summed E-state index contributed by atoms with van der Waals surface area (Å²) in [6.45, 7) is 28.6. The van der Waals surface area contributed by atoms with Crippen LogP contribution in [0.1, 0.15) is 203 Å². The number of amides is 1. The minimum absolute atomic E-state index is 0. The Morgan fingerprint density at radius 3 is 1.22 bits per heavy atom. The lowest BCUT2D eigenvalue weighted by molar-refractivity contribution is -0.150. The Kier molecular flexibility index (Phi) is 44.1. The second kappa shape index (κ2) is 49.0. The number of furan rings is 8. The van der Waals surface area contributed by atoms with E-state index in [0.29, 0.717) is 110 Å². The van der Waals surface area contributed by atoms with Crippen molar-refractivity contribution >= 4 is 50.4 Å². The first-order chi connectivity index (χ1) is 53.5. The van der Waals surface area contributed by atoms with Gasteiger partial charge in [0.1, 0.15) is 88.1 Å². The molecule has 4 aliphatic rings. The zero-order valence-electron chi connectivity index (χ0n) is 65.4. The van der Waals surface area contributed by atoms with E-state index in [2.05, 4.69) is 53.0 Å². The molecule has 662 valence electrons. The summed E-state index contributed by atoms with van der Waals surface area (Å²) in [5, 5.41) is 32.1. The summed E-state index contributed by atoms with van der Waals surface area (Å²) in [4.78, 5) is 47.4. The lowest BCUT2D eigenvalue weighted by atomic mass is 10.1. The molecule has 0 saturated carbocycles. The summed E-state index contributed by atoms with van der Waals surface area (Å²) in [5.74, 6) is -3.45. The van der Waals surface area contributed by atoms with Crippen LogP contribution in [0.5, 0.6) is 0 Å². The molecule has 2 atom stereocenters. The largest absolute Gasteiger partial charge is 0.478 e. The van der Waals surface area contributed by atoms with Crippen LogP contribution < -0.4 is 10.8 Å². The average molecular weight is 1720 g/mol. The molecule has 1 amide bonds. The number of carboxylic acids is 1. The van der Waals surface area contributed by atoms with Crippen molar-refractivity contribution in [3.05, 3.63) is 286 Å². The van der Waals surface area contributed by atoms with Gasteiger partial charge < -0.3 is 88.6 Å². The molecule has 0 bridgehead atoms. The van der Waals surface area contributed by atoms with Crippen molar-refractivity contribution < 1.29 is 126 Å². The monoisotopic (exact) mass is 1720 g/mol. The highest BCUT2D eigenvalue weighted by Gasteiger charge is 2.43. The SMILES string of the molecule is C.C.C.C.C.C.C.CC(=O)c1ccoc1.CC(=O)c1coc(Cc2ccc(F)cc2)c1.CC1(c2cc(C(O)c3ccc(F)cc3)oc2[Si](C)(C)C)OCCO1.CC1(c2ccoc2)OCCO1.CC1(c2ccoc2[Si](C)(C)C)OCCO1.CC1(c2coc(C(O)c3ccc(F)cc3)c2)OCCO1.CON(C)C(=O)c1ccoc1.O=C(O)c1ccoc1. The van der Waals surface area contributed by atoms with Crippen LogP contribution in [0.4, 0.5) is 13.2 Å². The number of rotatable bonds is 17. The number of carboxylic acid groups (broad SMARTS) is 1. The molecule has 3 N–H and O–H groups in total. The van der Waals surface area contributed by atoms with Crippen LogP contribution in [0.25, 0.3) is 0 Å². The van der Waals surface area contributed by atoms with Gasteiger partial charge in [0.15, 0.2) is 34.7 Å². The summed E-state index contributed by atoms with van der Waals surface area (Å²) < 4.78 is 125. The van der Waals surface area contributed by atoms with Crippen molar-refractivity contribution in [1.82, 2.24) is 5.06 Å². The van der Waals surface area contributed by atoms with Crippen molar-refractivity contribution in [2.45, 2.75) is 175 Å². The normalized spacial score (nSPS) is 15.1. The molecule has 11 aromatic rings. The van der Waals surface area contributed by atoms with Crippen molar-refractivity contribution in [3.8, 4) is 0 Å². The Bertz CT molecular complexity index is 4620. The number of halogens is 3. The second-order valence-corrected chi connectivity index (χ2v) is 38.2. The van der Waals surface area contributed by atoms with E-state index in [1.54, 1.807) is 74.2 Å². The number of aliphatic hydroxyl groups excluding tert-OH is 2. The number of carbonyl (C=O) groups excluding carboxylic acids is 3. The minimum Gasteiger partial charge on any atom is -0.478 e. The molecule has 3 aromatic carbocycles. The first-order valence-corrected chi connectivity index (χ1v) is 42.8. The third-order valence-electron chi connectivity index (χ3n) is 17.6. The Balaban J connectivity index is 0.000000696. The van der Waals surface area contributed by atoms with Crippen LogP contribution in [-0.4, -0.2) is 127 Å². The lowest BCUT2D eigenvalue weighted by Gasteiger charge is -2.25. The van der Waals surface area contributed by atoms with Crippen molar-refractivity contribution in [2.75, 3.05) is 67.0 Å². The number of ketones is 2. The fourth-order valence-corrected chi connectivity index (χ4v) is 14.3. The summed E-state index contributed by atoms with van der Waals surface area (Å²) in [7, 11) is -0.326. The number of aliphatic hydroxyl groups is 2. The zero-order chi connectivity index (χ0) is 82.3. The van der Waals surface area contributed by atoms with Crippen LogP contribution in [0.2, 0.25) is 39.3 Å². The van der Waals surface area contributed by atoms with E-state index in [0.717, 1.165) is 38.1 Å². The third kappa shape index (κ3) is 30.3. The molecule has 15 rings (SSSR count). The van der Waals surface area contributed by atoms with Crippen LogP contribution in [0.15, 0.2) is 226 Å². The molecule has 12 heterocycles. The number of aromatic carboxylic acids is 1. The van der Waals surface area contributed by atoms with Gasteiger partial charge in [-0.1, -0.05) is 128 Å². The fraction of sp³-hybridized carbons (Fsp3) is 0.400. The van der Waals surface area contributed by atoms with Gasteiger partial charge in [-0.15, -0.1) is 0 Å². The summed E-state index contributed by atoms with van der Waals surface area (Å²) in [6, 6.07) is 31.3. The van der Waals surface area contributed by atoms with Gasteiger partial charge in [-0.2, -0.15) is 0 Å². The molecule has 120 heavy (non-hydrogen) atoms. The molecular weight excluding hydrogens is 1590 g/mol. The Morgan fingerprint density at radius 1 is 0.433 bits per heavy atom. The average Bonchev–Trinajstić information content (AvgIpc) is 1.62. The molecule has 25 nitrogen and oxygen atoms in total. The van der Waals surface area contributed by atoms with Crippen LogP contribution >= 0.6 is 0 Å². The molecule has 4 aliphatic heterocycles. The number of benzene rings is 3. The van der Waals surface area contributed by atoms with E-state index in [-0.39, 0.29) is 92.5 Å². The number of nitrogens with zero attached hydrogens (tertiary/aromatic N) is 1. The van der Waals surface area contributed by atoms with Gasteiger partial charge in [0.2, 0.25) is 0 Å². The first kappa shape index (κ1) is 108. The quantitative estimate of drug-likeness (QED) is 0.0433. The molecule has 8 aromatic heterocycles. The van der Waals surface area contributed by atoms with Gasteiger partial charge in [-0.05, 0) is 143 Å². The predicted octanol–water partition coefficient (Wildman–Crippen LogP) is 20.6. The zero-order valence-corrected chi connectivity index (χ0v) is 67.4. The third-order valence-corrected chi connectivity index (χ3v) is 21.1. The molecule has 4 saturated heterocycles. The number of Topliss-reactive ketones (excluding diaryl/α,β-unsaturated/α-hetero) is 2. The highest BCUT2D eigenvalue weighted by molar-refractivity contribution is 6.88. The standard InChI is InChI=1S/C18H23FO4Si.C15H15FO4.C13H11FO2.C11H18O3Si.C8H10O3.C7H9NO3.C6H6O2.C5H4O3.7CH4/c1-18(21-9-10-22-18)14-11-15(23-17(14)24(2,3)4)16(20)12-5-7-13(19)8-6-12;1-15(19-6-7-20-15)11-8-13(18-9-11)14(17)10-2-4-12(16)5-3-10;1-9(15)11-7-13(16-8-11)6-10-2-4-12(14)5-3-10;1-11(13-7-8-14-11)9-5-6-12-10(9)15(2,3)4;1-8(10-4-5-11-8)7-2-3-9-6-7;1-8(10-2)7(9)6-3-4-11-5-6;1-5(7)6-2-3-8-4-6;6-5(7)4-1-2-8-3-4;;;;;;;/h5-8,11,16,20H,9-10H2,1-4H3;2-5,8-9,14,17H,6-7H2,1H3;2-5,7-8H,6H2,1H3;5-6H,7-8H2,1-4H3;2-3,6H,4-5H2,1H3;3-5H,1-2H3;2-4H,1H3;1-3H,(H,6,7);7*1H4.